The molecule has 0 fully saturated rings. The average Bonchev–Trinajstić information content (AvgIpc) is 2.77. The van der Waals surface area contributed by atoms with Crippen molar-refractivity contribution in [2.75, 3.05) is 6.54 Å². The molecule has 2 rings (SSSR count). The number of nitrogens with two attached hydrogens (primary N) is 1. The van der Waals surface area contributed by atoms with Crippen molar-refractivity contribution in [1.29, 1.82) is 0 Å². The summed E-state index contributed by atoms with van der Waals surface area (Å²) in [6.45, 7) is 0.372. The maximum absolute atomic E-state index is 10.4. The summed E-state index contributed by atoms with van der Waals surface area (Å²) >= 11 is 10.9. The van der Waals surface area contributed by atoms with Crippen LogP contribution in [-0.4, -0.2) is 11.7 Å². The number of benzene rings is 1. The van der Waals surface area contributed by atoms with Gasteiger partial charge in [-0.3, -0.25) is 0 Å². The molecular weight excluding hydrogens is 334 g/mol. The number of halogens is 2. The second kappa shape index (κ2) is 6.17. The number of hydrogen-bond donors (Lipinski definition) is 2. The standard InChI is InChI=1S/C13H13BrClNOS/c14-12-5-4-11(18-12)13(17)10(7-16)8-2-1-3-9(15)6-8/h1-6,10,13,17H,7,16H2. The van der Waals surface area contributed by atoms with E-state index in [1.165, 1.54) is 11.3 Å². The van der Waals surface area contributed by atoms with Gasteiger partial charge in [0.1, 0.15) is 0 Å². The third-order valence-electron chi connectivity index (χ3n) is 2.80. The molecule has 0 amide bonds. The minimum atomic E-state index is -0.607. The van der Waals surface area contributed by atoms with Gasteiger partial charge in [-0.2, -0.15) is 0 Å². The Labute approximate surface area is 124 Å². The molecule has 1 heterocycles. The van der Waals surface area contributed by atoms with Crippen LogP contribution in [0.25, 0.3) is 0 Å². The van der Waals surface area contributed by atoms with Crippen molar-refractivity contribution in [2.24, 2.45) is 5.73 Å². The lowest BCUT2D eigenvalue weighted by molar-refractivity contribution is 0.151. The van der Waals surface area contributed by atoms with Crippen LogP contribution in [0.4, 0.5) is 0 Å². The SMILES string of the molecule is NCC(c1cccc(Cl)c1)C(O)c1ccc(Br)s1. The molecule has 0 saturated carbocycles. The maximum atomic E-state index is 10.4. The van der Waals surface area contributed by atoms with Crippen molar-refractivity contribution < 1.29 is 5.11 Å². The molecule has 2 nitrogen and oxygen atoms in total. The number of thiophene rings is 1. The van der Waals surface area contributed by atoms with E-state index >= 15 is 0 Å². The summed E-state index contributed by atoms with van der Waals surface area (Å²) in [6.07, 6.45) is -0.607. The van der Waals surface area contributed by atoms with Crippen LogP contribution in [0.1, 0.15) is 22.5 Å². The Morgan fingerprint density at radius 3 is 2.67 bits per heavy atom. The molecule has 2 aromatic rings. The average molecular weight is 347 g/mol. The number of aliphatic hydroxyl groups is 1. The van der Waals surface area contributed by atoms with E-state index in [2.05, 4.69) is 15.9 Å². The number of aliphatic hydroxyl groups excluding tert-OH is 1. The number of rotatable bonds is 4. The summed E-state index contributed by atoms with van der Waals surface area (Å²) in [5.74, 6) is -0.144. The fraction of sp³-hybridized carbons (Fsp3) is 0.231. The van der Waals surface area contributed by atoms with Gasteiger partial charge in [-0.15, -0.1) is 11.3 Å². The van der Waals surface area contributed by atoms with Gasteiger partial charge in [0, 0.05) is 22.4 Å². The molecule has 5 heteroatoms. The normalized spacial score (nSPS) is 14.4. The van der Waals surface area contributed by atoms with Gasteiger partial charge in [0.15, 0.2) is 0 Å². The zero-order valence-electron chi connectivity index (χ0n) is 9.51. The van der Waals surface area contributed by atoms with Crippen LogP contribution in [0.2, 0.25) is 5.02 Å². The van der Waals surface area contributed by atoms with Gasteiger partial charge >= 0.3 is 0 Å². The summed E-state index contributed by atoms with van der Waals surface area (Å²) < 4.78 is 0.999. The third-order valence-corrected chi connectivity index (χ3v) is 4.73. The molecule has 0 saturated heterocycles. The van der Waals surface area contributed by atoms with E-state index in [0.717, 1.165) is 14.2 Å². The zero-order valence-corrected chi connectivity index (χ0v) is 12.7. The Hall–Kier alpha value is -0.390. The van der Waals surface area contributed by atoms with Gasteiger partial charge < -0.3 is 10.8 Å². The molecule has 0 radical (unpaired) electrons. The Balaban J connectivity index is 2.28. The van der Waals surface area contributed by atoms with E-state index in [1.807, 2.05) is 36.4 Å². The summed E-state index contributed by atoms with van der Waals surface area (Å²) in [6, 6.07) is 11.3. The highest BCUT2D eigenvalue weighted by atomic mass is 79.9. The lowest BCUT2D eigenvalue weighted by Crippen LogP contribution is -2.19. The van der Waals surface area contributed by atoms with Gasteiger partial charge in [0.05, 0.1) is 9.89 Å². The summed E-state index contributed by atoms with van der Waals surface area (Å²) in [5, 5.41) is 11.1. The van der Waals surface area contributed by atoms with Crippen molar-refractivity contribution in [3.05, 3.63) is 55.6 Å². The van der Waals surface area contributed by atoms with Crippen molar-refractivity contribution in [2.45, 2.75) is 12.0 Å². The molecule has 2 atom stereocenters. The highest BCUT2D eigenvalue weighted by Crippen LogP contribution is 2.36. The minimum Gasteiger partial charge on any atom is -0.387 e. The summed E-state index contributed by atoms with van der Waals surface area (Å²) in [7, 11) is 0. The molecular formula is C13H13BrClNOS. The molecule has 1 aromatic carbocycles. The minimum absolute atomic E-state index is 0.144. The summed E-state index contributed by atoms with van der Waals surface area (Å²) in [5.41, 5.74) is 6.75. The van der Waals surface area contributed by atoms with E-state index in [9.17, 15) is 5.11 Å². The lowest BCUT2D eigenvalue weighted by atomic mass is 9.92. The van der Waals surface area contributed by atoms with Crippen LogP contribution in [0.5, 0.6) is 0 Å². The maximum Gasteiger partial charge on any atom is 0.0962 e. The van der Waals surface area contributed by atoms with Crippen molar-refractivity contribution in [1.82, 2.24) is 0 Å². The van der Waals surface area contributed by atoms with Crippen LogP contribution in [-0.2, 0) is 0 Å². The van der Waals surface area contributed by atoms with Crippen LogP contribution >= 0.6 is 38.9 Å². The van der Waals surface area contributed by atoms with Gasteiger partial charge in [-0.1, -0.05) is 23.7 Å². The molecule has 0 aliphatic carbocycles. The van der Waals surface area contributed by atoms with E-state index in [0.29, 0.717) is 11.6 Å². The highest BCUT2D eigenvalue weighted by molar-refractivity contribution is 9.11. The molecule has 0 spiro atoms. The first-order chi connectivity index (χ1) is 8.61. The molecule has 2 unspecified atom stereocenters. The van der Waals surface area contributed by atoms with Gasteiger partial charge in [0.25, 0.3) is 0 Å². The Kier molecular flexibility index (Phi) is 4.81. The Morgan fingerprint density at radius 2 is 2.11 bits per heavy atom. The van der Waals surface area contributed by atoms with E-state index in [1.54, 1.807) is 0 Å². The van der Waals surface area contributed by atoms with Crippen molar-refractivity contribution >= 4 is 38.9 Å². The molecule has 96 valence electrons. The third kappa shape index (κ3) is 3.13. The van der Waals surface area contributed by atoms with Crippen LogP contribution in [0.3, 0.4) is 0 Å². The largest absolute Gasteiger partial charge is 0.387 e. The molecule has 18 heavy (non-hydrogen) atoms. The quantitative estimate of drug-likeness (QED) is 0.881. The fourth-order valence-electron chi connectivity index (χ4n) is 1.87. The predicted molar refractivity (Wildman–Crippen MR) is 80.2 cm³/mol. The zero-order chi connectivity index (χ0) is 13.1. The first kappa shape index (κ1) is 14.0. The molecule has 0 bridgehead atoms. The molecule has 1 aromatic heterocycles. The van der Waals surface area contributed by atoms with Crippen molar-refractivity contribution in [3.63, 3.8) is 0 Å². The second-order valence-electron chi connectivity index (χ2n) is 3.98. The summed E-state index contributed by atoms with van der Waals surface area (Å²) in [4.78, 5) is 0.900. The highest BCUT2D eigenvalue weighted by Gasteiger charge is 2.23. The van der Waals surface area contributed by atoms with Crippen LogP contribution in [0.15, 0.2) is 40.2 Å². The van der Waals surface area contributed by atoms with Crippen molar-refractivity contribution in [3.8, 4) is 0 Å². The predicted octanol–water partition coefficient (Wildman–Crippen LogP) is 3.94. The first-order valence-electron chi connectivity index (χ1n) is 5.50. The van der Waals surface area contributed by atoms with E-state index in [4.69, 9.17) is 17.3 Å². The first-order valence-corrected chi connectivity index (χ1v) is 7.49. The van der Waals surface area contributed by atoms with E-state index < -0.39 is 6.10 Å². The molecule has 0 aliphatic heterocycles. The Morgan fingerprint density at radius 1 is 1.33 bits per heavy atom. The Bertz CT molecular complexity index is 531. The lowest BCUT2D eigenvalue weighted by Gasteiger charge is -2.21. The van der Waals surface area contributed by atoms with Crippen LogP contribution < -0.4 is 5.73 Å². The molecule has 3 N–H and O–H groups in total. The van der Waals surface area contributed by atoms with Crippen LogP contribution in [0, 0.1) is 0 Å². The van der Waals surface area contributed by atoms with Gasteiger partial charge in [-0.25, -0.2) is 0 Å². The van der Waals surface area contributed by atoms with E-state index in [-0.39, 0.29) is 5.92 Å². The van der Waals surface area contributed by atoms with Gasteiger partial charge in [-0.05, 0) is 45.8 Å². The number of hydrogen-bond acceptors (Lipinski definition) is 3. The monoisotopic (exact) mass is 345 g/mol. The van der Waals surface area contributed by atoms with Gasteiger partial charge in [0.2, 0.25) is 0 Å². The second-order valence-corrected chi connectivity index (χ2v) is 6.91. The fourth-order valence-corrected chi connectivity index (χ4v) is 3.54. The molecule has 0 aliphatic rings. The smallest absolute Gasteiger partial charge is 0.0962 e. The topological polar surface area (TPSA) is 46.2 Å².